The number of halogens is 2. The summed E-state index contributed by atoms with van der Waals surface area (Å²) in [5.74, 6) is 2.93. The Morgan fingerprint density at radius 1 is 0.558 bits per heavy atom. The van der Waals surface area contributed by atoms with Gasteiger partial charge >= 0.3 is 0 Å². The molecule has 2 unspecified atom stereocenters. The molecule has 0 fully saturated rings. The fourth-order valence-corrected chi connectivity index (χ4v) is 7.40. The summed E-state index contributed by atoms with van der Waals surface area (Å²) in [7, 11) is 0. The number of ether oxygens (including phenoxy) is 2. The van der Waals surface area contributed by atoms with E-state index in [2.05, 4.69) is 122 Å². The van der Waals surface area contributed by atoms with Crippen LogP contribution < -0.4 is 14.4 Å². The van der Waals surface area contributed by atoms with Gasteiger partial charge in [-0.05, 0) is 116 Å². The summed E-state index contributed by atoms with van der Waals surface area (Å²) in [6.45, 7) is 10.5. The van der Waals surface area contributed by atoms with E-state index < -0.39 is 0 Å². The first kappa shape index (κ1) is 37.6. The molecule has 0 saturated heterocycles. The molecule has 272 valence electrons. The molecule has 4 nitrogen and oxygen atoms in total. The molecule has 0 radical (unpaired) electrons. The smallest absolute Gasteiger partial charge is 0.119 e. The number of nitrogens with zero attached hydrogens (tertiary/aromatic N) is 2. The zero-order chi connectivity index (χ0) is 36.5. The van der Waals surface area contributed by atoms with Crippen LogP contribution in [0.3, 0.4) is 0 Å². The van der Waals surface area contributed by atoms with E-state index in [4.69, 9.17) is 32.7 Å². The highest BCUT2D eigenvalue weighted by Gasteiger charge is 2.18. The Morgan fingerprint density at radius 2 is 1.04 bits per heavy atom. The molecular formula is C46H52Cl2N2O2. The summed E-state index contributed by atoms with van der Waals surface area (Å²) in [6, 6.07) is 37.8. The molecular weight excluding hydrogens is 683 g/mol. The third kappa shape index (κ3) is 8.90. The van der Waals surface area contributed by atoms with Crippen LogP contribution >= 0.6 is 23.2 Å². The van der Waals surface area contributed by atoms with Crippen molar-refractivity contribution in [2.75, 3.05) is 18.1 Å². The Labute approximate surface area is 320 Å². The number of anilines is 3. The molecule has 52 heavy (non-hydrogen) atoms. The molecule has 0 bridgehead atoms. The van der Waals surface area contributed by atoms with Crippen LogP contribution in [0, 0.1) is 11.8 Å². The van der Waals surface area contributed by atoms with E-state index >= 15 is 0 Å². The van der Waals surface area contributed by atoms with E-state index in [1.54, 1.807) is 0 Å². The fraction of sp³-hybridized carbons (Fsp3) is 0.348. The van der Waals surface area contributed by atoms with E-state index in [1.807, 2.05) is 24.3 Å². The second kappa shape index (κ2) is 18.1. The summed E-state index contributed by atoms with van der Waals surface area (Å²) in [4.78, 5) is 2.29. The number of benzene rings is 5. The summed E-state index contributed by atoms with van der Waals surface area (Å²) >= 11 is 13.2. The maximum Gasteiger partial charge on any atom is 0.119 e. The van der Waals surface area contributed by atoms with Crippen molar-refractivity contribution in [3.8, 4) is 17.2 Å². The third-order valence-electron chi connectivity index (χ3n) is 10.3. The van der Waals surface area contributed by atoms with Crippen molar-refractivity contribution in [3.63, 3.8) is 0 Å². The van der Waals surface area contributed by atoms with Crippen LogP contribution in [0.25, 0.3) is 27.5 Å². The largest absolute Gasteiger partial charge is 0.493 e. The molecule has 0 N–H and O–H groups in total. The molecule has 0 aliphatic rings. The normalized spacial score (nSPS) is 12.7. The minimum absolute atomic E-state index is 0.574. The quantitative estimate of drug-likeness (QED) is 0.0879. The topological polar surface area (TPSA) is 26.6 Å². The number of rotatable bonds is 18. The van der Waals surface area contributed by atoms with Crippen LogP contribution in [0.4, 0.5) is 17.1 Å². The first-order chi connectivity index (χ1) is 25.4. The van der Waals surface area contributed by atoms with Gasteiger partial charge in [0.15, 0.2) is 0 Å². The molecule has 5 aromatic carbocycles. The Balaban J connectivity index is 1.36. The highest BCUT2D eigenvalue weighted by atomic mass is 35.5. The molecule has 0 aliphatic heterocycles. The van der Waals surface area contributed by atoms with Crippen LogP contribution in [-0.2, 0) is 0 Å². The predicted octanol–water partition coefficient (Wildman–Crippen LogP) is 14.8. The second-order valence-electron chi connectivity index (χ2n) is 14.0. The van der Waals surface area contributed by atoms with Crippen molar-refractivity contribution in [2.45, 2.75) is 79.1 Å². The summed E-state index contributed by atoms with van der Waals surface area (Å²) in [5.41, 5.74) is 6.18. The molecule has 1 heterocycles. The monoisotopic (exact) mass is 734 g/mol. The average molecular weight is 736 g/mol. The van der Waals surface area contributed by atoms with Gasteiger partial charge in [-0.1, -0.05) is 108 Å². The van der Waals surface area contributed by atoms with Crippen molar-refractivity contribution in [3.05, 3.63) is 119 Å². The first-order valence-electron chi connectivity index (χ1n) is 19.2. The maximum absolute atomic E-state index is 6.58. The highest BCUT2D eigenvalue weighted by molar-refractivity contribution is 6.32. The predicted molar refractivity (Wildman–Crippen MR) is 223 cm³/mol. The average Bonchev–Trinajstić information content (AvgIpc) is 3.48. The SMILES string of the molecule is CCCCC(CC)COc1ccc(N(c2ccc(OCC(CC)CCCC)cc2)c2cccc(-n3c4cc(Cl)ccc4c4ccc(Cl)cc43)c2)cc1. The van der Waals surface area contributed by atoms with Crippen molar-refractivity contribution < 1.29 is 9.47 Å². The number of aromatic nitrogens is 1. The Kier molecular flexibility index (Phi) is 13.1. The van der Waals surface area contributed by atoms with Gasteiger partial charge in [0.25, 0.3) is 0 Å². The van der Waals surface area contributed by atoms with Crippen molar-refractivity contribution in [1.82, 2.24) is 4.57 Å². The van der Waals surface area contributed by atoms with E-state index in [0.717, 1.165) is 82.1 Å². The molecule has 0 saturated carbocycles. The van der Waals surface area contributed by atoms with Crippen LogP contribution in [0.2, 0.25) is 10.0 Å². The molecule has 1 aromatic heterocycles. The summed E-state index contributed by atoms with van der Waals surface area (Å²) < 4.78 is 14.9. The van der Waals surface area contributed by atoms with Crippen LogP contribution in [0.5, 0.6) is 11.5 Å². The minimum atomic E-state index is 0.574. The Morgan fingerprint density at radius 3 is 1.48 bits per heavy atom. The summed E-state index contributed by atoms with van der Waals surface area (Å²) in [6.07, 6.45) is 9.58. The third-order valence-corrected chi connectivity index (χ3v) is 10.8. The molecule has 6 rings (SSSR count). The lowest BCUT2D eigenvalue weighted by molar-refractivity contribution is 0.233. The van der Waals surface area contributed by atoms with E-state index in [1.165, 1.54) is 38.5 Å². The standard InChI is InChI=1S/C46H52Cl2N2O2/c1-5-9-12-33(7-3)31-51-41-22-18-37(19-23-41)49(38-20-24-42(25-21-38)52-32-34(8-4)13-10-6-2)39-14-11-15-40(30-39)50-45-28-35(47)16-26-43(45)44-27-17-36(48)29-46(44)50/h11,14-30,33-34H,5-10,12-13,31-32H2,1-4H3. The van der Waals surface area contributed by atoms with E-state index in [9.17, 15) is 0 Å². The van der Waals surface area contributed by atoms with E-state index in [-0.39, 0.29) is 0 Å². The molecule has 6 aromatic rings. The van der Waals surface area contributed by atoms with E-state index in [0.29, 0.717) is 21.9 Å². The number of hydrogen-bond acceptors (Lipinski definition) is 3. The minimum Gasteiger partial charge on any atom is -0.493 e. The van der Waals surface area contributed by atoms with Gasteiger partial charge in [-0.3, -0.25) is 0 Å². The Hall–Kier alpha value is -4.12. The summed E-state index contributed by atoms with van der Waals surface area (Å²) in [5, 5.41) is 3.64. The maximum atomic E-state index is 6.58. The molecule has 0 spiro atoms. The zero-order valence-corrected chi connectivity index (χ0v) is 32.6. The number of hydrogen-bond donors (Lipinski definition) is 0. The van der Waals surface area contributed by atoms with Gasteiger partial charge in [-0.25, -0.2) is 0 Å². The van der Waals surface area contributed by atoms with Crippen LogP contribution in [-0.4, -0.2) is 17.8 Å². The lowest BCUT2D eigenvalue weighted by Crippen LogP contribution is -2.13. The van der Waals surface area contributed by atoms with Crippen LogP contribution in [0.1, 0.15) is 79.1 Å². The lowest BCUT2D eigenvalue weighted by Gasteiger charge is -2.27. The van der Waals surface area contributed by atoms with Gasteiger partial charge in [0.2, 0.25) is 0 Å². The van der Waals surface area contributed by atoms with Crippen LogP contribution in [0.15, 0.2) is 109 Å². The fourth-order valence-electron chi connectivity index (χ4n) is 7.07. The highest BCUT2D eigenvalue weighted by Crippen LogP contribution is 2.40. The zero-order valence-electron chi connectivity index (χ0n) is 31.1. The first-order valence-corrected chi connectivity index (χ1v) is 19.9. The number of fused-ring (bicyclic) bond motifs is 3. The second-order valence-corrected chi connectivity index (χ2v) is 14.8. The molecule has 2 atom stereocenters. The molecule has 0 amide bonds. The van der Waals surface area contributed by atoms with Crippen molar-refractivity contribution in [2.24, 2.45) is 11.8 Å². The molecule has 6 heteroatoms. The lowest BCUT2D eigenvalue weighted by atomic mass is 10.0. The van der Waals surface area contributed by atoms with Gasteiger partial charge in [-0.15, -0.1) is 0 Å². The van der Waals surface area contributed by atoms with Gasteiger partial charge in [0.05, 0.1) is 24.2 Å². The van der Waals surface area contributed by atoms with Crippen molar-refractivity contribution >= 4 is 62.1 Å². The van der Waals surface area contributed by atoms with Gasteiger partial charge in [0, 0.05) is 43.6 Å². The Bertz CT molecular complexity index is 1910. The van der Waals surface area contributed by atoms with Gasteiger partial charge in [-0.2, -0.15) is 0 Å². The van der Waals surface area contributed by atoms with Gasteiger partial charge in [0.1, 0.15) is 11.5 Å². The molecule has 0 aliphatic carbocycles. The van der Waals surface area contributed by atoms with Crippen molar-refractivity contribution in [1.29, 1.82) is 0 Å². The van der Waals surface area contributed by atoms with Gasteiger partial charge < -0.3 is 18.9 Å². The number of unbranched alkanes of at least 4 members (excludes halogenated alkanes) is 2.